The van der Waals surface area contributed by atoms with Crippen molar-refractivity contribution in [2.24, 2.45) is 5.73 Å². The van der Waals surface area contributed by atoms with Crippen molar-refractivity contribution < 1.29 is 18.8 Å². The molecule has 0 bridgehead atoms. The fourth-order valence-electron chi connectivity index (χ4n) is 5.33. The summed E-state index contributed by atoms with van der Waals surface area (Å²) >= 11 is 0. The van der Waals surface area contributed by atoms with Crippen molar-refractivity contribution in [2.45, 2.75) is 37.9 Å². The summed E-state index contributed by atoms with van der Waals surface area (Å²) in [5, 5.41) is 2.61. The minimum absolute atomic E-state index is 0.0317. The van der Waals surface area contributed by atoms with Gasteiger partial charge in [0.1, 0.15) is 17.9 Å². The molecular formula is C36H39FN4O3. The van der Waals surface area contributed by atoms with Gasteiger partial charge in [-0.15, -0.1) is 0 Å². The Hall–Kier alpha value is -4.82. The van der Waals surface area contributed by atoms with Gasteiger partial charge in [0.25, 0.3) is 5.91 Å². The van der Waals surface area contributed by atoms with E-state index in [1.165, 1.54) is 30.0 Å². The van der Waals surface area contributed by atoms with Crippen molar-refractivity contribution in [3.8, 4) is 11.1 Å². The van der Waals surface area contributed by atoms with E-state index in [4.69, 9.17) is 5.73 Å². The van der Waals surface area contributed by atoms with Crippen LogP contribution in [0.2, 0.25) is 0 Å². The molecule has 0 saturated heterocycles. The molecule has 0 aliphatic carbocycles. The first-order valence-electron chi connectivity index (χ1n) is 14.6. The minimum atomic E-state index is -1.01. The maximum Gasteiger partial charge on any atom is 0.254 e. The molecular weight excluding hydrogens is 555 g/mol. The summed E-state index contributed by atoms with van der Waals surface area (Å²) in [6.07, 6.45) is 0.152. The fraction of sp³-hybridized carbons (Fsp3) is 0.250. The molecule has 0 spiro atoms. The molecule has 8 heteroatoms. The molecule has 0 saturated carbocycles. The van der Waals surface area contributed by atoms with Gasteiger partial charge in [-0.05, 0) is 52.9 Å². The zero-order valence-corrected chi connectivity index (χ0v) is 25.5. The predicted octanol–water partition coefficient (Wildman–Crippen LogP) is 5.01. The van der Waals surface area contributed by atoms with Crippen molar-refractivity contribution in [1.82, 2.24) is 15.1 Å². The second kappa shape index (κ2) is 14.6. The molecule has 1 unspecified atom stereocenters. The van der Waals surface area contributed by atoms with Gasteiger partial charge in [-0.3, -0.25) is 14.4 Å². The van der Waals surface area contributed by atoms with Gasteiger partial charge in [0, 0.05) is 45.6 Å². The zero-order valence-electron chi connectivity index (χ0n) is 25.5. The van der Waals surface area contributed by atoms with Crippen molar-refractivity contribution in [2.75, 3.05) is 21.1 Å². The zero-order chi connectivity index (χ0) is 31.8. The summed E-state index contributed by atoms with van der Waals surface area (Å²) in [5.74, 6) is -1.71. The van der Waals surface area contributed by atoms with Gasteiger partial charge in [0.15, 0.2) is 0 Å². The maximum atomic E-state index is 14.6. The number of nitrogens with zero attached hydrogens (tertiary/aromatic N) is 2. The largest absolute Gasteiger partial charge is 0.357 e. The second-order valence-electron chi connectivity index (χ2n) is 10.9. The lowest BCUT2D eigenvalue weighted by Crippen LogP contribution is -2.55. The standard InChI is InChI=1S/C36H39FN4O3/c1-24(38)26-17-12-18-29(21-26)35(43)41(4)33(22-27-15-8-10-19-30(27)25-13-6-5-7-14-25)36(44)40(3)32(34(42)39-2)23-28-16-9-11-20-31(28)37/h5-21,24,32-33H,22-23,38H2,1-4H3,(H,39,42)/t24?,32-,33-/m1/s1. The first kappa shape index (κ1) is 32.1. The highest BCUT2D eigenvalue weighted by Gasteiger charge is 2.36. The third kappa shape index (κ3) is 7.38. The maximum absolute atomic E-state index is 14.6. The molecule has 0 aromatic heterocycles. The summed E-state index contributed by atoms with van der Waals surface area (Å²) in [5.41, 5.74) is 10.3. The second-order valence-corrected chi connectivity index (χ2v) is 10.9. The van der Waals surface area contributed by atoms with Crippen LogP contribution < -0.4 is 11.1 Å². The van der Waals surface area contributed by atoms with Gasteiger partial charge in [-0.2, -0.15) is 0 Å². The van der Waals surface area contributed by atoms with Gasteiger partial charge < -0.3 is 20.9 Å². The number of carbonyl (C=O) groups is 3. The number of nitrogens with one attached hydrogen (secondary N) is 1. The number of nitrogens with two attached hydrogens (primary N) is 1. The molecule has 0 radical (unpaired) electrons. The molecule has 0 aliphatic rings. The smallest absolute Gasteiger partial charge is 0.254 e. The van der Waals surface area contributed by atoms with Crippen LogP contribution in [-0.4, -0.2) is 60.7 Å². The Morgan fingerprint density at radius 2 is 1.39 bits per heavy atom. The number of hydrogen-bond donors (Lipinski definition) is 2. The lowest BCUT2D eigenvalue weighted by atomic mass is 9.93. The number of halogens is 1. The van der Waals surface area contributed by atoms with Crippen molar-refractivity contribution in [1.29, 1.82) is 0 Å². The van der Waals surface area contributed by atoms with Crippen LogP contribution in [0.25, 0.3) is 11.1 Å². The van der Waals surface area contributed by atoms with Crippen LogP contribution in [-0.2, 0) is 22.4 Å². The molecule has 228 valence electrons. The summed E-state index contributed by atoms with van der Waals surface area (Å²) in [4.78, 5) is 44.2. The van der Waals surface area contributed by atoms with E-state index < -0.39 is 29.7 Å². The van der Waals surface area contributed by atoms with Crippen molar-refractivity contribution >= 4 is 17.7 Å². The topological polar surface area (TPSA) is 95.7 Å². The molecule has 4 aromatic carbocycles. The Bertz CT molecular complexity index is 1610. The number of likely N-dealkylation sites (N-methyl/N-ethyl adjacent to an activating group) is 3. The molecule has 3 atom stereocenters. The van der Waals surface area contributed by atoms with E-state index >= 15 is 0 Å². The number of amides is 3. The van der Waals surface area contributed by atoms with Gasteiger partial charge >= 0.3 is 0 Å². The molecule has 7 nitrogen and oxygen atoms in total. The molecule has 0 fully saturated rings. The molecule has 0 aliphatic heterocycles. The highest BCUT2D eigenvalue weighted by molar-refractivity contribution is 5.98. The summed E-state index contributed by atoms with van der Waals surface area (Å²) in [7, 11) is 4.59. The quantitative estimate of drug-likeness (QED) is 0.255. The number of benzene rings is 4. The van der Waals surface area contributed by atoms with Crippen molar-refractivity contribution in [3.63, 3.8) is 0 Å². The van der Waals surface area contributed by atoms with Crippen LogP contribution in [0.1, 0.15) is 40.0 Å². The van der Waals surface area contributed by atoms with E-state index in [9.17, 15) is 18.8 Å². The average Bonchev–Trinajstić information content (AvgIpc) is 3.05. The van der Waals surface area contributed by atoms with E-state index in [-0.39, 0.29) is 24.8 Å². The fourth-order valence-corrected chi connectivity index (χ4v) is 5.33. The summed E-state index contributed by atoms with van der Waals surface area (Å²) < 4.78 is 14.6. The summed E-state index contributed by atoms with van der Waals surface area (Å²) in [6, 6.07) is 28.5. The third-order valence-corrected chi connectivity index (χ3v) is 7.98. The summed E-state index contributed by atoms with van der Waals surface area (Å²) in [6.45, 7) is 1.84. The van der Waals surface area contributed by atoms with E-state index in [1.807, 2.05) is 67.6 Å². The molecule has 3 amide bonds. The molecule has 0 heterocycles. The Labute approximate surface area is 258 Å². The lowest BCUT2D eigenvalue weighted by Gasteiger charge is -2.35. The van der Waals surface area contributed by atoms with E-state index in [2.05, 4.69) is 5.32 Å². The molecule has 3 N–H and O–H groups in total. The van der Waals surface area contributed by atoms with Crippen LogP contribution in [0.15, 0.2) is 103 Å². The molecule has 4 aromatic rings. The van der Waals surface area contributed by atoms with Gasteiger partial charge in [-0.1, -0.05) is 84.9 Å². The number of rotatable bonds is 11. The van der Waals surface area contributed by atoms with Crippen LogP contribution in [0.4, 0.5) is 4.39 Å². The van der Waals surface area contributed by atoms with Crippen LogP contribution in [0.3, 0.4) is 0 Å². The van der Waals surface area contributed by atoms with E-state index in [0.717, 1.165) is 22.3 Å². The Morgan fingerprint density at radius 3 is 2.05 bits per heavy atom. The predicted molar refractivity (Wildman–Crippen MR) is 171 cm³/mol. The first-order valence-corrected chi connectivity index (χ1v) is 14.6. The van der Waals surface area contributed by atoms with Gasteiger partial charge in [0.05, 0.1) is 0 Å². The number of carbonyl (C=O) groups excluding carboxylic acids is 3. The highest BCUT2D eigenvalue weighted by atomic mass is 19.1. The van der Waals surface area contributed by atoms with Crippen LogP contribution in [0.5, 0.6) is 0 Å². The van der Waals surface area contributed by atoms with Gasteiger partial charge in [-0.25, -0.2) is 4.39 Å². The molecule has 44 heavy (non-hydrogen) atoms. The molecule has 4 rings (SSSR count). The van der Waals surface area contributed by atoms with Gasteiger partial charge in [0.2, 0.25) is 11.8 Å². The average molecular weight is 595 g/mol. The Kier molecular flexibility index (Phi) is 10.6. The van der Waals surface area contributed by atoms with E-state index in [1.54, 1.807) is 43.4 Å². The Morgan fingerprint density at radius 1 is 0.773 bits per heavy atom. The van der Waals surface area contributed by atoms with E-state index in [0.29, 0.717) is 11.1 Å². The highest BCUT2D eigenvalue weighted by Crippen LogP contribution is 2.27. The van der Waals surface area contributed by atoms with Crippen LogP contribution >= 0.6 is 0 Å². The first-order chi connectivity index (χ1) is 21.1. The SMILES string of the molecule is CNC(=O)[C@@H](Cc1ccccc1F)N(C)C(=O)[C@@H](Cc1ccccc1-c1ccccc1)N(C)C(=O)c1cccc(C(C)N)c1. The minimum Gasteiger partial charge on any atom is -0.357 e. The number of hydrogen-bond acceptors (Lipinski definition) is 4. The Balaban J connectivity index is 1.75. The van der Waals surface area contributed by atoms with Crippen molar-refractivity contribution in [3.05, 3.63) is 131 Å². The monoisotopic (exact) mass is 594 g/mol. The third-order valence-electron chi connectivity index (χ3n) is 7.98. The van der Waals surface area contributed by atoms with Crippen LogP contribution in [0, 0.1) is 5.82 Å². The lowest BCUT2D eigenvalue weighted by molar-refractivity contribution is -0.142. The normalized spacial score (nSPS) is 13.0.